The van der Waals surface area contributed by atoms with Crippen molar-refractivity contribution < 1.29 is 39.9 Å². The molecule has 1 amide bonds. The predicted molar refractivity (Wildman–Crippen MR) is 170 cm³/mol. The number of thiophene rings is 1. The normalized spacial score (nSPS) is 13.2. The minimum absolute atomic E-state index is 0.0311. The van der Waals surface area contributed by atoms with Crippen LogP contribution < -0.4 is 15.6 Å². The van der Waals surface area contributed by atoms with E-state index in [1.54, 1.807) is 26.2 Å². The van der Waals surface area contributed by atoms with Crippen molar-refractivity contribution in [3.63, 3.8) is 0 Å². The van der Waals surface area contributed by atoms with Crippen LogP contribution in [-0.2, 0) is 27.7 Å². The molecule has 19 heteroatoms. The standard InChI is InChI=1S/C29H26ClF5N6O5S2/c1-28(2,3)46-27(43)36-19(11-14-9-15(31)12-16(32)10-14)24-37-25-17(7-8-47-25)26(42)41(24)20-6-5-18(30)21-22(20)40(13-29(33,34)35)38-23(21)39-48(4,44)45/h5-10,12,19H,11,13H2,1-4H3,(H,36,43)(H,38,39)/t19-/m0/s1. The minimum Gasteiger partial charge on any atom is -0.444 e. The molecule has 5 rings (SSSR count). The van der Waals surface area contributed by atoms with Crippen LogP contribution in [0, 0.1) is 11.6 Å². The van der Waals surface area contributed by atoms with Gasteiger partial charge in [-0.2, -0.15) is 18.3 Å². The molecular weight excluding hydrogens is 707 g/mol. The number of nitrogens with one attached hydrogen (secondary N) is 2. The summed E-state index contributed by atoms with van der Waals surface area (Å²) in [5.74, 6) is -2.66. The van der Waals surface area contributed by atoms with Crippen LogP contribution in [-0.4, -0.2) is 51.9 Å². The van der Waals surface area contributed by atoms with Crippen LogP contribution in [0.3, 0.4) is 0 Å². The Labute approximate surface area is 278 Å². The lowest BCUT2D eigenvalue weighted by Gasteiger charge is -2.25. The number of hydrogen-bond acceptors (Lipinski definition) is 8. The number of ether oxygens (including phenoxy) is 1. The summed E-state index contributed by atoms with van der Waals surface area (Å²) < 4.78 is 103. The predicted octanol–water partition coefficient (Wildman–Crippen LogP) is 6.47. The van der Waals surface area contributed by atoms with E-state index in [2.05, 4.69) is 20.1 Å². The lowest BCUT2D eigenvalue weighted by molar-refractivity contribution is -0.141. The summed E-state index contributed by atoms with van der Waals surface area (Å²) in [7, 11) is -4.08. The second kappa shape index (κ2) is 12.6. The minimum atomic E-state index is -4.87. The molecule has 1 atom stereocenters. The molecule has 3 aromatic heterocycles. The van der Waals surface area contributed by atoms with Gasteiger partial charge in [-0.25, -0.2) is 27.0 Å². The van der Waals surface area contributed by atoms with Gasteiger partial charge in [0.05, 0.1) is 39.3 Å². The molecule has 0 saturated heterocycles. The van der Waals surface area contributed by atoms with Gasteiger partial charge in [0.1, 0.15) is 34.4 Å². The summed E-state index contributed by atoms with van der Waals surface area (Å²) in [4.78, 5) is 32.1. The third kappa shape index (κ3) is 7.87. The first kappa shape index (κ1) is 35.0. The summed E-state index contributed by atoms with van der Waals surface area (Å²) in [6, 6.07) is 5.13. The van der Waals surface area contributed by atoms with Gasteiger partial charge in [0.25, 0.3) is 5.56 Å². The number of rotatable bonds is 8. The highest BCUT2D eigenvalue weighted by Crippen LogP contribution is 2.37. The zero-order valence-electron chi connectivity index (χ0n) is 25.4. The maximum atomic E-state index is 14.3. The number of nitrogens with zero attached hydrogens (tertiary/aromatic N) is 4. The average Bonchev–Trinajstić information content (AvgIpc) is 3.51. The van der Waals surface area contributed by atoms with Gasteiger partial charge in [0.15, 0.2) is 5.82 Å². The zero-order valence-corrected chi connectivity index (χ0v) is 27.8. The number of benzene rings is 2. The van der Waals surface area contributed by atoms with E-state index in [1.807, 2.05) is 0 Å². The van der Waals surface area contributed by atoms with Gasteiger partial charge in [-0.1, -0.05) is 11.6 Å². The number of carbonyl (C=O) groups is 1. The summed E-state index contributed by atoms with van der Waals surface area (Å²) in [5, 5.41) is 7.56. The maximum absolute atomic E-state index is 14.3. The van der Waals surface area contributed by atoms with Crippen LogP contribution in [0.2, 0.25) is 5.02 Å². The molecule has 0 bridgehead atoms. The Morgan fingerprint density at radius 1 is 1.10 bits per heavy atom. The van der Waals surface area contributed by atoms with E-state index in [4.69, 9.17) is 16.3 Å². The molecule has 0 aliphatic carbocycles. The highest BCUT2D eigenvalue weighted by Gasteiger charge is 2.33. The number of amides is 1. The van der Waals surface area contributed by atoms with Gasteiger partial charge in [0, 0.05) is 12.5 Å². The largest absolute Gasteiger partial charge is 0.444 e. The lowest BCUT2D eigenvalue weighted by Crippen LogP contribution is -2.39. The molecular formula is C29H26ClF5N6O5S2. The van der Waals surface area contributed by atoms with E-state index >= 15 is 0 Å². The fourth-order valence-electron chi connectivity index (χ4n) is 4.99. The zero-order chi connectivity index (χ0) is 35.3. The fraction of sp³-hybridized carbons (Fsp3) is 0.310. The topological polar surface area (TPSA) is 137 Å². The van der Waals surface area contributed by atoms with Crippen LogP contribution in [0.1, 0.15) is 38.2 Å². The third-order valence-electron chi connectivity index (χ3n) is 6.56. The van der Waals surface area contributed by atoms with Crippen LogP contribution in [0.4, 0.5) is 32.6 Å². The van der Waals surface area contributed by atoms with Gasteiger partial charge < -0.3 is 10.1 Å². The molecule has 2 N–H and O–H groups in total. The fourth-order valence-corrected chi connectivity index (χ4v) is 6.49. The number of anilines is 1. The first-order valence-electron chi connectivity index (χ1n) is 13.9. The van der Waals surface area contributed by atoms with Crippen molar-refractivity contribution in [2.24, 2.45) is 0 Å². The molecule has 2 aromatic carbocycles. The molecule has 0 radical (unpaired) electrons. The monoisotopic (exact) mass is 732 g/mol. The van der Waals surface area contributed by atoms with Crippen molar-refractivity contribution in [1.82, 2.24) is 24.6 Å². The third-order valence-corrected chi connectivity index (χ3v) is 8.25. The average molecular weight is 733 g/mol. The van der Waals surface area contributed by atoms with Gasteiger partial charge in [-0.05, 0) is 62.0 Å². The quantitative estimate of drug-likeness (QED) is 0.175. The van der Waals surface area contributed by atoms with Gasteiger partial charge in [-0.15, -0.1) is 11.3 Å². The molecule has 48 heavy (non-hydrogen) atoms. The Morgan fingerprint density at radius 3 is 2.38 bits per heavy atom. The van der Waals surface area contributed by atoms with Crippen molar-refractivity contribution in [2.45, 2.75) is 51.6 Å². The van der Waals surface area contributed by atoms with Crippen molar-refractivity contribution in [2.75, 3.05) is 11.0 Å². The van der Waals surface area contributed by atoms with E-state index < -0.39 is 69.0 Å². The Kier molecular flexibility index (Phi) is 9.21. The molecule has 11 nitrogen and oxygen atoms in total. The Balaban J connectivity index is 1.85. The maximum Gasteiger partial charge on any atom is 0.408 e. The van der Waals surface area contributed by atoms with E-state index in [9.17, 15) is 40.0 Å². The number of hydrogen-bond donors (Lipinski definition) is 2. The second-order valence-corrected chi connectivity index (χ2v) is 14.8. The van der Waals surface area contributed by atoms with E-state index in [-0.39, 0.29) is 44.1 Å². The second-order valence-electron chi connectivity index (χ2n) is 11.7. The molecule has 0 unspecified atom stereocenters. The molecule has 256 valence electrons. The molecule has 0 spiro atoms. The van der Waals surface area contributed by atoms with E-state index in [0.29, 0.717) is 10.7 Å². The van der Waals surface area contributed by atoms with Gasteiger partial charge in [-0.3, -0.25) is 18.8 Å². The number of alkyl carbamates (subject to hydrolysis) is 1. The highest BCUT2D eigenvalue weighted by molar-refractivity contribution is 7.92. The summed E-state index contributed by atoms with van der Waals surface area (Å²) in [6.07, 6.45) is -5.47. The van der Waals surface area contributed by atoms with Crippen molar-refractivity contribution in [3.05, 3.63) is 80.2 Å². The smallest absolute Gasteiger partial charge is 0.408 e. The molecule has 0 fully saturated rings. The summed E-state index contributed by atoms with van der Waals surface area (Å²) in [6.45, 7) is 3.04. The number of carbonyl (C=O) groups excluding carboxylic acids is 1. The first-order chi connectivity index (χ1) is 22.2. The Morgan fingerprint density at radius 2 is 1.77 bits per heavy atom. The van der Waals surface area contributed by atoms with Gasteiger partial charge in [0.2, 0.25) is 10.0 Å². The number of alkyl halides is 3. The summed E-state index contributed by atoms with van der Waals surface area (Å²) >= 11 is 7.46. The number of halogens is 6. The van der Waals surface area contributed by atoms with Crippen LogP contribution in [0.15, 0.2) is 46.6 Å². The Bertz CT molecular complexity index is 2210. The van der Waals surface area contributed by atoms with Crippen molar-refractivity contribution in [3.8, 4) is 5.69 Å². The number of aromatic nitrogens is 4. The highest BCUT2D eigenvalue weighted by atomic mass is 35.5. The lowest BCUT2D eigenvalue weighted by atomic mass is 10.0. The van der Waals surface area contributed by atoms with Crippen molar-refractivity contribution in [1.29, 1.82) is 0 Å². The van der Waals surface area contributed by atoms with Crippen LogP contribution in [0.5, 0.6) is 0 Å². The molecule has 0 saturated carbocycles. The van der Waals surface area contributed by atoms with Gasteiger partial charge >= 0.3 is 12.3 Å². The van der Waals surface area contributed by atoms with Crippen molar-refractivity contribution >= 4 is 66.0 Å². The molecule has 5 aromatic rings. The SMILES string of the molecule is CC(C)(C)OC(=O)N[C@@H](Cc1cc(F)cc(F)c1)c1nc2sccc2c(=O)n1-c1ccc(Cl)c2c(NS(C)(=O)=O)nn(CC(F)(F)F)c12. The Hall–Kier alpha value is -4.29. The molecule has 0 aliphatic rings. The number of fused-ring (bicyclic) bond motifs is 2. The molecule has 0 aliphatic heterocycles. The van der Waals surface area contributed by atoms with Crippen LogP contribution in [0.25, 0.3) is 26.8 Å². The van der Waals surface area contributed by atoms with Crippen LogP contribution >= 0.6 is 22.9 Å². The van der Waals surface area contributed by atoms with E-state index in [0.717, 1.165) is 34.3 Å². The number of sulfonamides is 1. The first-order valence-corrected chi connectivity index (χ1v) is 17.0. The molecule has 3 heterocycles. The van der Waals surface area contributed by atoms with E-state index in [1.165, 1.54) is 18.2 Å². The summed E-state index contributed by atoms with van der Waals surface area (Å²) in [5.41, 5.74) is -2.43.